The van der Waals surface area contributed by atoms with Crippen LogP contribution < -0.4 is 15.4 Å². The molecule has 0 radical (unpaired) electrons. The van der Waals surface area contributed by atoms with E-state index in [2.05, 4.69) is 44.5 Å². The van der Waals surface area contributed by atoms with E-state index in [1.807, 2.05) is 0 Å². The van der Waals surface area contributed by atoms with E-state index in [9.17, 15) is 23.2 Å². The van der Waals surface area contributed by atoms with Gasteiger partial charge in [-0.2, -0.15) is 0 Å². The molecular formula is C31H38Cl2F2N2O5Si. The summed E-state index contributed by atoms with van der Waals surface area (Å²) in [5.74, 6) is -2.24. The van der Waals surface area contributed by atoms with Crippen LogP contribution in [0.15, 0.2) is 36.4 Å². The number of fused-ring (bicyclic) bond motifs is 3. The molecule has 3 aliphatic carbocycles. The molecule has 43 heavy (non-hydrogen) atoms. The van der Waals surface area contributed by atoms with Crippen LogP contribution in [0.1, 0.15) is 63.2 Å². The van der Waals surface area contributed by atoms with Gasteiger partial charge < -0.3 is 19.8 Å². The summed E-state index contributed by atoms with van der Waals surface area (Å²) in [4.78, 5) is 39.6. The summed E-state index contributed by atoms with van der Waals surface area (Å²) in [5.41, 5.74) is -1.37. The third kappa shape index (κ3) is 7.24. The molecule has 12 heteroatoms. The normalized spacial score (nSPS) is 23.5. The Morgan fingerprint density at radius 3 is 2.16 bits per heavy atom. The first-order valence-electron chi connectivity index (χ1n) is 14.3. The second-order valence-electron chi connectivity index (χ2n) is 13.2. The second kappa shape index (κ2) is 12.5. The lowest BCUT2D eigenvalue weighted by molar-refractivity contribution is -0.154. The number of benzene rings is 2. The van der Waals surface area contributed by atoms with Gasteiger partial charge in [-0.1, -0.05) is 44.0 Å². The minimum absolute atomic E-state index is 0.0383. The smallest absolute Gasteiger partial charge is 0.258 e. The van der Waals surface area contributed by atoms with E-state index in [-0.39, 0.29) is 51.4 Å². The Hall–Kier alpha value is -2.53. The maximum absolute atomic E-state index is 13.9. The van der Waals surface area contributed by atoms with Gasteiger partial charge in [0, 0.05) is 17.2 Å². The van der Waals surface area contributed by atoms with Crippen molar-refractivity contribution >= 4 is 49.1 Å². The molecule has 0 unspecified atom stereocenters. The van der Waals surface area contributed by atoms with Crippen molar-refractivity contribution in [1.29, 1.82) is 0 Å². The molecule has 2 bridgehead atoms. The summed E-state index contributed by atoms with van der Waals surface area (Å²) in [7, 11) is -2.36. The van der Waals surface area contributed by atoms with Gasteiger partial charge in [-0.15, -0.1) is 0 Å². The van der Waals surface area contributed by atoms with Gasteiger partial charge in [-0.25, -0.2) is 8.78 Å². The predicted octanol–water partition coefficient (Wildman–Crippen LogP) is 6.86. The fourth-order valence-electron chi connectivity index (χ4n) is 5.64. The van der Waals surface area contributed by atoms with Gasteiger partial charge in [-0.3, -0.25) is 14.4 Å². The first-order valence-corrected chi connectivity index (χ1v) is 18.0. The number of ether oxygens (including phenoxy) is 1. The molecule has 2 aromatic carbocycles. The number of ketones is 1. The lowest BCUT2D eigenvalue weighted by atomic mass is 9.55. The zero-order valence-electron chi connectivity index (χ0n) is 25.0. The number of hydrogen-bond donors (Lipinski definition) is 2. The highest BCUT2D eigenvalue weighted by atomic mass is 35.5. The average Bonchev–Trinajstić information content (AvgIpc) is 2.93. The van der Waals surface area contributed by atoms with Crippen molar-refractivity contribution in [2.75, 3.05) is 13.2 Å². The third-order valence-corrected chi connectivity index (χ3v) is 14.4. The zero-order valence-corrected chi connectivity index (χ0v) is 27.6. The molecule has 0 spiro atoms. The number of rotatable bonds is 10. The van der Waals surface area contributed by atoms with Crippen LogP contribution in [-0.4, -0.2) is 50.7 Å². The van der Waals surface area contributed by atoms with Gasteiger partial charge >= 0.3 is 0 Å². The van der Waals surface area contributed by atoms with E-state index < -0.39 is 42.8 Å². The van der Waals surface area contributed by atoms with Crippen molar-refractivity contribution in [2.24, 2.45) is 5.41 Å². The van der Waals surface area contributed by atoms with E-state index in [4.69, 9.17) is 32.4 Å². The number of carbonyl (C=O) groups is 3. The van der Waals surface area contributed by atoms with Gasteiger partial charge in [0.1, 0.15) is 17.4 Å². The van der Waals surface area contributed by atoms with Crippen LogP contribution in [0.4, 0.5) is 8.78 Å². The lowest BCUT2D eigenvalue weighted by Crippen LogP contribution is -2.68. The largest absolute Gasteiger partial charge is 0.484 e. The van der Waals surface area contributed by atoms with Crippen molar-refractivity contribution in [2.45, 2.75) is 82.7 Å². The van der Waals surface area contributed by atoms with Crippen LogP contribution in [0.5, 0.6) is 5.75 Å². The maximum atomic E-state index is 13.9. The van der Waals surface area contributed by atoms with Crippen molar-refractivity contribution in [1.82, 2.24) is 10.6 Å². The highest BCUT2D eigenvalue weighted by Crippen LogP contribution is 2.55. The number of halogens is 4. The van der Waals surface area contributed by atoms with Crippen molar-refractivity contribution < 1.29 is 32.3 Å². The summed E-state index contributed by atoms with van der Waals surface area (Å²) in [6.45, 7) is 9.98. The van der Waals surface area contributed by atoms with Crippen LogP contribution in [0.3, 0.4) is 0 Å². The van der Waals surface area contributed by atoms with Crippen molar-refractivity contribution in [3.05, 3.63) is 63.6 Å². The molecule has 234 valence electrons. The van der Waals surface area contributed by atoms with Gasteiger partial charge in [0.25, 0.3) is 5.91 Å². The molecule has 2 aromatic rings. The number of carbonyl (C=O) groups excluding carboxylic acids is 3. The van der Waals surface area contributed by atoms with Gasteiger partial charge in [0.2, 0.25) is 5.91 Å². The average molecular weight is 656 g/mol. The Kier molecular flexibility index (Phi) is 9.67. The molecule has 7 nitrogen and oxygen atoms in total. The van der Waals surface area contributed by atoms with E-state index in [0.717, 1.165) is 12.1 Å². The fourth-order valence-corrected chi connectivity index (χ4v) is 7.25. The second-order valence-corrected chi connectivity index (χ2v) is 18.7. The van der Waals surface area contributed by atoms with Crippen molar-refractivity contribution in [3.63, 3.8) is 0 Å². The summed E-state index contributed by atoms with van der Waals surface area (Å²) < 4.78 is 40.1. The first-order chi connectivity index (χ1) is 20.0. The van der Waals surface area contributed by atoms with Crippen LogP contribution in [0.2, 0.25) is 28.2 Å². The summed E-state index contributed by atoms with van der Waals surface area (Å²) in [6.07, 6.45) is 1.90. The van der Waals surface area contributed by atoms with E-state index in [0.29, 0.717) is 32.1 Å². The standard InChI is InChI=1S/C31H38Cl2F2N2O5Si/c1-29(2,3)43(4,5)42-26-16-30(37-27(39)18-41-20-7-9-22(33)24(35)15-20)10-12-31(26,13-11-30)28(40)36-17-25(38)19-6-8-21(32)23(34)14-19/h6-9,14-15,26H,10-13,16-18H2,1-5H3,(H,36,40)(H,37,39)/t26-,30?,31?/m1/s1. The topological polar surface area (TPSA) is 93.7 Å². The number of hydrogen-bond acceptors (Lipinski definition) is 5. The molecule has 5 rings (SSSR count). The molecular weight excluding hydrogens is 617 g/mol. The van der Waals surface area contributed by atoms with Crippen LogP contribution in [0.25, 0.3) is 0 Å². The Bertz CT molecular complexity index is 1410. The highest BCUT2D eigenvalue weighted by molar-refractivity contribution is 6.74. The Morgan fingerprint density at radius 2 is 1.58 bits per heavy atom. The van der Waals surface area contributed by atoms with Gasteiger partial charge in [0.05, 0.1) is 28.1 Å². The minimum atomic E-state index is -2.36. The molecule has 0 saturated heterocycles. The Morgan fingerprint density at radius 1 is 0.977 bits per heavy atom. The van der Waals surface area contributed by atoms with Crippen molar-refractivity contribution in [3.8, 4) is 5.75 Å². The quantitative estimate of drug-likeness (QED) is 0.216. The first kappa shape index (κ1) is 33.4. The molecule has 0 aromatic heterocycles. The molecule has 0 heterocycles. The molecule has 2 N–H and O–H groups in total. The fraction of sp³-hybridized carbons (Fsp3) is 0.516. The molecule has 2 amide bonds. The van der Waals surface area contributed by atoms with Crippen LogP contribution >= 0.6 is 23.2 Å². The third-order valence-electron chi connectivity index (χ3n) is 9.30. The van der Waals surface area contributed by atoms with E-state index in [1.165, 1.54) is 24.3 Å². The summed E-state index contributed by atoms with van der Waals surface area (Å²) >= 11 is 11.5. The van der Waals surface area contributed by atoms with Gasteiger partial charge in [0.15, 0.2) is 20.7 Å². The summed E-state index contributed by atoms with van der Waals surface area (Å²) in [6, 6.07) is 7.76. The monoisotopic (exact) mass is 654 g/mol. The Labute approximate surface area is 262 Å². The maximum Gasteiger partial charge on any atom is 0.258 e. The van der Waals surface area contributed by atoms with Gasteiger partial charge in [-0.05, 0) is 80.6 Å². The molecule has 1 atom stereocenters. The predicted molar refractivity (Wildman–Crippen MR) is 164 cm³/mol. The minimum Gasteiger partial charge on any atom is -0.484 e. The molecule has 3 saturated carbocycles. The van der Waals surface area contributed by atoms with E-state index >= 15 is 0 Å². The van der Waals surface area contributed by atoms with E-state index in [1.54, 1.807) is 0 Å². The van der Waals surface area contributed by atoms with Crippen LogP contribution in [0, 0.1) is 17.0 Å². The lowest BCUT2D eigenvalue weighted by Gasteiger charge is -2.58. The molecule has 0 aliphatic heterocycles. The molecule has 3 aliphatic rings. The number of amides is 2. The zero-order chi connectivity index (χ0) is 31.8. The number of nitrogens with one attached hydrogen (secondary N) is 2. The highest BCUT2D eigenvalue weighted by Gasteiger charge is 2.60. The number of Topliss-reactive ketones (excluding diaryl/α,β-unsaturated/α-hetero) is 1. The molecule has 3 fully saturated rings. The summed E-state index contributed by atoms with van der Waals surface area (Å²) in [5, 5.41) is 5.67. The Balaban J connectivity index is 1.48. The SMILES string of the molecule is CC(C)(C)[Si](C)(C)O[C@@H]1CC2(NC(=O)COc3ccc(Cl)c(F)c3)CCC1(C(=O)NCC(=O)c1ccc(Cl)c(F)c1)CC2. The van der Waals surface area contributed by atoms with Crippen LogP contribution in [-0.2, 0) is 14.0 Å².